The van der Waals surface area contributed by atoms with E-state index >= 15 is 0 Å². The summed E-state index contributed by atoms with van der Waals surface area (Å²) >= 11 is 0. The lowest BCUT2D eigenvalue weighted by Gasteiger charge is -2.35. The highest BCUT2D eigenvalue weighted by Gasteiger charge is 2.37. The molecule has 0 aromatic heterocycles. The molecule has 2 amide bonds. The van der Waals surface area contributed by atoms with Crippen molar-refractivity contribution in [2.24, 2.45) is 11.8 Å². The van der Waals surface area contributed by atoms with Gasteiger partial charge in [-0.15, -0.1) is 0 Å². The van der Waals surface area contributed by atoms with Gasteiger partial charge >= 0.3 is 0 Å². The van der Waals surface area contributed by atoms with Crippen LogP contribution in [0.3, 0.4) is 0 Å². The van der Waals surface area contributed by atoms with Gasteiger partial charge in [0.1, 0.15) is 0 Å². The van der Waals surface area contributed by atoms with Crippen LogP contribution in [0.1, 0.15) is 66.3 Å². The van der Waals surface area contributed by atoms with Gasteiger partial charge in [-0.3, -0.25) is 9.59 Å². The minimum Gasteiger partial charge on any atom is -0.385 e. The third-order valence-corrected chi connectivity index (χ3v) is 8.86. The highest BCUT2D eigenvalue weighted by atomic mass is 32.2. The molecule has 2 aromatic carbocycles. The van der Waals surface area contributed by atoms with Gasteiger partial charge in [0.05, 0.1) is 22.1 Å². The van der Waals surface area contributed by atoms with E-state index in [4.69, 9.17) is 0 Å². The summed E-state index contributed by atoms with van der Waals surface area (Å²) in [6.07, 6.45) is 2.65. The number of rotatable bonds is 7. The molecule has 1 heterocycles. The van der Waals surface area contributed by atoms with E-state index in [9.17, 15) is 18.0 Å². The fraction of sp³-hybridized carbons (Fsp3) is 0.462. The SMILES string of the molecule is Cc1ccc(N2C(=O)c3ccc(NC[C@@H]4CC[C@@H](NS(=O)(=O)C(C)C)C(C)C4)cc3C2=O)cc1. The number of fused-ring (bicyclic) bond motifs is 1. The van der Waals surface area contributed by atoms with Gasteiger partial charge in [0.15, 0.2) is 0 Å². The second-order valence-corrected chi connectivity index (χ2v) is 12.2. The van der Waals surface area contributed by atoms with Crippen molar-refractivity contribution in [2.75, 3.05) is 16.8 Å². The first-order chi connectivity index (χ1) is 16.1. The Bertz CT molecular complexity index is 1190. The van der Waals surface area contributed by atoms with E-state index in [0.717, 1.165) is 37.1 Å². The number of carbonyl (C=O) groups is 2. The summed E-state index contributed by atoms with van der Waals surface area (Å²) in [5.41, 5.74) is 3.28. The fourth-order valence-corrected chi connectivity index (χ4v) is 5.80. The summed E-state index contributed by atoms with van der Waals surface area (Å²) in [6.45, 7) is 8.17. The maximum Gasteiger partial charge on any atom is 0.266 e. The molecule has 4 rings (SSSR count). The van der Waals surface area contributed by atoms with Crippen molar-refractivity contribution in [1.29, 1.82) is 0 Å². The molecule has 0 saturated heterocycles. The van der Waals surface area contributed by atoms with Gasteiger partial charge in [0, 0.05) is 18.3 Å². The van der Waals surface area contributed by atoms with Crippen molar-refractivity contribution in [3.63, 3.8) is 0 Å². The van der Waals surface area contributed by atoms with Crippen molar-refractivity contribution in [2.45, 2.75) is 58.2 Å². The van der Waals surface area contributed by atoms with Gasteiger partial charge < -0.3 is 5.32 Å². The van der Waals surface area contributed by atoms with Gasteiger partial charge in [-0.1, -0.05) is 24.6 Å². The van der Waals surface area contributed by atoms with E-state index in [1.807, 2.05) is 25.1 Å². The van der Waals surface area contributed by atoms with E-state index in [-0.39, 0.29) is 23.8 Å². The van der Waals surface area contributed by atoms with Crippen LogP contribution in [-0.2, 0) is 10.0 Å². The van der Waals surface area contributed by atoms with Crippen molar-refractivity contribution < 1.29 is 18.0 Å². The maximum atomic E-state index is 13.0. The average Bonchev–Trinajstić information content (AvgIpc) is 3.04. The van der Waals surface area contributed by atoms with Crippen LogP contribution in [0.5, 0.6) is 0 Å². The van der Waals surface area contributed by atoms with Crippen LogP contribution in [0.4, 0.5) is 11.4 Å². The smallest absolute Gasteiger partial charge is 0.266 e. The van der Waals surface area contributed by atoms with Crippen LogP contribution in [0.25, 0.3) is 0 Å². The predicted octanol–water partition coefficient (Wildman–Crippen LogP) is 4.34. The molecule has 1 aliphatic carbocycles. The van der Waals surface area contributed by atoms with Crippen molar-refractivity contribution in [3.05, 3.63) is 59.2 Å². The highest BCUT2D eigenvalue weighted by Crippen LogP contribution is 2.32. The molecule has 182 valence electrons. The molecule has 2 aliphatic rings. The Kier molecular flexibility index (Phi) is 6.82. The lowest BCUT2D eigenvalue weighted by atomic mass is 9.79. The molecular weight excluding hydrogens is 450 g/mol. The number of nitrogens with zero attached hydrogens (tertiary/aromatic N) is 1. The number of anilines is 2. The van der Waals surface area contributed by atoms with E-state index in [2.05, 4.69) is 17.0 Å². The molecule has 1 aliphatic heterocycles. The summed E-state index contributed by atoms with van der Waals surface area (Å²) in [5.74, 6) is 0.0475. The number of benzene rings is 2. The Morgan fingerprint density at radius 3 is 2.32 bits per heavy atom. The second-order valence-electron chi connectivity index (χ2n) is 9.90. The zero-order valence-electron chi connectivity index (χ0n) is 20.2. The minimum atomic E-state index is -3.27. The third-order valence-electron chi connectivity index (χ3n) is 6.99. The Balaban J connectivity index is 1.38. The van der Waals surface area contributed by atoms with E-state index in [1.54, 1.807) is 38.1 Å². The Morgan fingerprint density at radius 1 is 1.00 bits per heavy atom. The monoisotopic (exact) mass is 483 g/mol. The first kappa shape index (κ1) is 24.4. The number of hydrogen-bond donors (Lipinski definition) is 2. The minimum absolute atomic E-state index is 0.0277. The highest BCUT2D eigenvalue weighted by molar-refractivity contribution is 7.90. The van der Waals surface area contributed by atoms with Crippen molar-refractivity contribution >= 4 is 33.2 Å². The van der Waals surface area contributed by atoms with Gasteiger partial charge in [-0.05, 0) is 82.2 Å². The predicted molar refractivity (Wildman–Crippen MR) is 135 cm³/mol. The van der Waals surface area contributed by atoms with Gasteiger partial charge in [-0.2, -0.15) is 0 Å². The molecule has 1 unspecified atom stereocenters. The first-order valence-corrected chi connectivity index (χ1v) is 13.5. The summed E-state index contributed by atoms with van der Waals surface area (Å²) in [7, 11) is -3.27. The largest absolute Gasteiger partial charge is 0.385 e. The summed E-state index contributed by atoms with van der Waals surface area (Å²) in [5, 5.41) is 2.99. The fourth-order valence-electron chi connectivity index (χ4n) is 4.76. The first-order valence-electron chi connectivity index (χ1n) is 11.9. The standard InChI is InChI=1S/C26H33N3O4S/c1-16(2)34(32,33)28-24-12-7-19(13-18(24)4)15-27-20-8-11-22-23(14-20)26(31)29(25(22)30)21-9-5-17(3)6-10-21/h5-6,8-11,14,16,18-19,24,27-28H,7,12-13,15H2,1-4H3/t18?,19-,24-/m1/s1. The molecule has 7 nitrogen and oxygen atoms in total. The number of sulfonamides is 1. The molecule has 3 atom stereocenters. The lowest BCUT2D eigenvalue weighted by molar-refractivity contribution is 0.0926. The van der Waals surface area contributed by atoms with E-state index in [1.165, 1.54) is 4.90 Å². The maximum absolute atomic E-state index is 13.0. The molecule has 8 heteroatoms. The molecular formula is C26H33N3O4S. The second kappa shape index (κ2) is 9.50. The van der Waals surface area contributed by atoms with Crippen LogP contribution in [0.15, 0.2) is 42.5 Å². The van der Waals surface area contributed by atoms with Crippen LogP contribution in [-0.4, -0.2) is 38.1 Å². The van der Waals surface area contributed by atoms with Crippen LogP contribution >= 0.6 is 0 Å². The van der Waals surface area contributed by atoms with Crippen molar-refractivity contribution in [3.8, 4) is 0 Å². The Morgan fingerprint density at radius 2 is 1.68 bits per heavy atom. The Hall–Kier alpha value is -2.71. The quantitative estimate of drug-likeness (QED) is 0.571. The zero-order chi connectivity index (χ0) is 24.6. The van der Waals surface area contributed by atoms with Gasteiger partial charge in [-0.25, -0.2) is 18.0 Å². The average molecular weight is 484 g/mol. The van der Waals surface area contributed by atoms with Gasteiger partial charge in [0.2, 0.25) is 10.0 Å². The number of aryl methyl sites for hydroxylation is 1. The Labute approximate surface area is 202 Å². The molecule has 0 spiro atoms. The number of hydrogen-bond acceptors (Lipinski definition) is 5. The summed E-state index contributed by atoms with van der Waals surface area (Å²) < 4.78 is 27.3. The van der Waals surface area contributed by atoms with Crippen LogP contribution in [0, 0.1) is 18.8 Å². The molecule has 2 aromatic rings. The van der Waals surface area contributed by atoms with Crippen LogP contribution < -0.4 is 14.9 Å². The lowest BCUT2D eigenvalue weighted by Crippen LogP contribution is -2.45. The number of carbonyl (C=O) groups excluding carboxylic acids is 2. The number of imide groups is 1. The number of nitrogens with one attached hydrogen (secondary N) is 2. The molecule has 2 N–H and O–H groups in total. The van der Waals surface area contributed by atoms with E-state index < -0.39 is 15.3 Å². The number of amides is 2. The molecule has 1 saturated carbocycles. The summed E-state index contributed by atoms with van der Waals surface area (Å²) in [6, 6.07) is 12.6. The topological polar surface area (TPSA) is 95.6 Å². The molecule has 0 radical (unpaired) electrons. The third kappa shape index (κ3) is 4.88. The summed E-state index contributed by atoms with van der Waals surface area (Å²) in [4.78, 5) is 27.1. The van der Waals surface area contributed by atoms with Crippen LogP contribution in [0.2, 0.25) is 0 Å². The zero-order valence-corrected chi connectivity index (χ0v) is 21.0. The van der Waals surface area contributed by atoms with Gasteiger partial charge in [0.25, 0.3) is 11.8 Å². The van der Waals surface area contributed by atoms with Crippen molar-refractivity contribution in [1.82, 2.24) is 4.72 Å². The normalized spacial score (nSPS) is 22.9. The molecule has 34 heavy (non-hydrogen) atoms. The molecule has 0 bridgehead atoms. The molecule has 1 fully saturated rings. The van der Waals surface area contributed by atoms with E-state index in [0.29, 0.717) is 22.7 Å².